The van der Waals surface area contributed by atoms with Crippen LogP contribution >= 0.6 is 0 Å². The third kappa shape index (κ3) is 3.79. The maximum atomic E-state index is 11.7. The minimum atomic E-state index is 0.125. The van der Waals surface area contributed by atoms with Gasteiger partial charge in [-0.25, -0.2) is 0 Å². The maximum absolute atomic E-state index is 11.7. The van der Waals surface area contributed by atoms with Gasteiger partial charge in [-0.2, -0.15) is 0 Å². The third-order valence-electron chi connectivity index (χ3n) is 6.38. The van der Waals surface area contributed by atoms with Crippen LogP contribution in [-0.2, 0) is 11.2 Å². The van der Waals surface area contributed by atoms with Gasteiger partial charge < -0.3 is 14.7 Å². The lowest BCUT2D eigenvalue weighted by atomic mass is 9.90. The highest BCUT2D eigenvalue weighted by Crippen LogP contribution is 2.32. The van der Waals surface area contributed by atoms with E-state index in [1.165, 1.54) is 11.1 Å². The van der Waals surface area contributed by atoms with Crippen LogP contribution in [0.2, 0.25) is 0 Å². The van der Waals surface area contributed by atoms with Gasteiger partial charge in [-0.05, 0) is 54.6 Å². The fourth-order valence-electron chi connectivity index (χ4n) is 4.67. The Balaban J connectivity index is 1.13. The molecule has 1 saturated heterocycles. The molecule has 0 spiro atoms. The molecule has 6 nitrogen and oxygen atoms in total. The average Bonchev–Trinajstić information content (AvgIpc) is 3.19. The van der Waals surface area contributed by atoms with Gasteiger partial charge in [0.25, 0.3) is 0 Å². The number of fused-ring (bicyclic) bond motifs is 2. The van der Waals surface area contributed by atoms with Crippen LogP contribution in [0.5, 0.6) is 0 Å². The van der Waals surface area contributed by atoms with E-state index in [4.69, 9.17) is 4.52 Å². The summed E-state index contributed by atoms with van der Waals surface area (Å²) in [5.74, 6) is 1.40. The second-order valence-corrected chi connectivity index (χ2v) is 8.51. The Hall–Kier alpha value is -2.86. The number of carbonyl (C=O) groups is 1. The monoisotopic (exact) mass is 404 g/mol. The number of piperazine rings is 1. The molecule has 0 unspecified atom stereocenters. The summed E-state index contributed by atoms with van der Waals surface area (Å²) in [4.78, 5) is 16.6. The van der Waals surface area contributed by atoms with Gasteiger partial charge in [0.15, 0.2) is 11.4 Å². The fourth-order valence-corrected chi connectivity index (χ4v) is 4.67. The predicted octanol–water partition coefficient (Wildman–Crippen LogP) is 4.03. The lowest BCUT2D eigenvalue weighted by Crippen LogP contribution is -2.46. The van der Waals surface area contributed by atoms with Crippen LogP contribution in [0.25, 0.3) is 11.0 Å². The van der Waals surface area contributed by atoms with E-state index in [0.29, 0.717) is 12.3 Å². The van der Waals surface area contributed by atoms with Crippen LogP contribution in [0.4, 0.5) is 11.5 Å². The molecule has 0 aliphatic carbocycles. The van der Waals surface area contributed by atoms with Crippen LogP contribution in [0.1, 0.15) is 36.8 Å². The second-order valence-electron chi connectivity index (χ2n) is 8.51. The van der Waals surface area contributed by atoms with Crippen molar-refractivity contribution in [3.05, 3.63) is 53.6 Å². The van der Waals surface area contributed by atoms with E-state index >= 15 is 0 Å². The topological polar surface area (TPSA) is 61.6 Å². The highest BCUT2D eigenvalue weighted by atomic mass is 16.5. The van der Waals surface area contributed by atoms with Gasteiger partial charge in [-0.3, -0.25) is 9.69 Å². The highest BCUT2D eigenvalue weighted by Gasteiger charge is 2.23. The number of aromatic nitrogens is 1. The molecular formula is C24H28N4O2. The van der Waals surface area contributed by atoms with Crippen molar-refractivity contribution in [2.45, 2.75) is 32.1 Å². The molecule has 6 heteroatoms. The molecule has 5 rings (SSSR count). The normalized spacial score (nSPS) is 19.7. The van der Waals surface area contributed by atoms with E-state index in [9.17, 15) is 4.79 Å². The number of benzene rings is 2. The van der Waals surface area contributed by atoms with Gasteiger partial charge in [-0.15, -0.1) is 0 Å². The largest absolute Gasteiger partial charge is 0.354 e. The van der Waals surface area contributed by atoms with E-state index in [1.54, 1.807) is 0 Å². The lowest BCUT2D eigenvalue weighted by molar-refractivity contribution is -0.116. The number of para-hydroxylation sites is 1. The molecule has 1 N–H and O–H groups in total. The Bertz CT molecular complexity index is 1050. The summed E-state index contributed by atoms with van der Waals surface area (Å²) >= 11 is 0. The van der Waals surface area contributed by atoms with Crippen molar-refractivity contribution in [1.82, 2.24) is 10.1 Å². The number of nitrogens with zero attached hydrogens (tertiary/aromatic N) is 3. The zero-order chi connectivity index (χ0) is 20.5. The van der Waals surface area contributed by atoms with Crippen molar-refractivity contribution in [1.29, 1.82) is 0 Å². The van der Waals surface area contributed by atoms with Crippen LogP contribution in [-0.4, -0.2) is 48.7 Å². The number of hydrogen-bond acceptors (Lipinski definition) is 5. The Kier molecular flexibility index (Phi) is 5.17. The maximum Gasteiger partial charge on any atom is 0.224 e. The summed E-state index contributed by atoms with van der Waals surface area (Å²) in [6.07, 6.45) is 2.80. The smallest absolute Gasteiger partial charge is 0.224 e. The van der Waals surface area contributed by atoms with E-state index in [2.05, 4.69) is 51.5 Å². The first kappa shape index (κ1) is 19.1. The van der Waals surface area contributed by atoms with E-state index in [1.807, 2.05) is 18.2 Å². The first-order valence-electron chi connectivity index (χ1n) is 10.9. The Morgan fingerprint density at radius 3 is 2.83 bits per heavy atom. The molecule has 30 heavy (non-hydrogen) atoms. The molecule has 0 saturated carbocycles. The first-order valence-corrected chi connectivity index (χ1v) is 10.9. The number of hydrogen-bond donors (Lipinski definition) is 1. The Morgan fingerprint density at radius 1 is 1.13 bits per heavy atom. The molecule has 0 radical (unpaired) electrons. The molecule has 156 valence electrons. The molecule has 2 aliphatic rings. The molecule has 2 aromatic carbocycles. The van der Waals surface area contributed by atoms with Crippen molar-refractivity contribution in [2.75, 3.05) is 42.9 Å². The summed E-state index contributed by atoms with van der Waals surface area (Å²) < 4.78 is 5.47. The summed E-state index contributed by atoms with van der Waals surface area (Å²) in [6.45, 7) is 7.30. The molecule has 0 bridgehead atoms. The van der Waals surface area contributed by atoms with Gasteiger partial charge in [-0.1, -0.05) is 36.3 Å². The molecule has 2 aliphatic heterocycles. The molecule has 3 heterocycles. The molecular weight excluding hydrogens is 376 g/mol. The van der Waals surface area contributed by atoms with Crippen LogP contribution in [0.15, 0.2) is 47.0 Å². The number of aryl methyl sites for hydroxylation is 1. The minimum Gasteiger partial charge on any atom is -0.354 e. The number of nitrogens with one attached hydrogen (secondary N) is 1. The molecule has 3 aromatic rings. The fraction of sp³-hybridized carbons (Fsp3) is 0.417. The average molecular weight is 405 g/mol. The molecule has 1 fully saturated rings. The van der Waals surface area contributed by atoms with Crippen LogP contribution < -0.4 is 10.2 Å². The van der Waals surface area contributed by atoms with Gasteiger partial charge in [0.1, 0.15) is 0 Å². The van der Waals surface area contributed by atoms with E-state index < -0.39 is 0 Å². The minimum absolute atomic E-state index is 0.125. The van der Waals surface area contributed by atoms with Crippen LogP contribution in [0, 0.1) is 0 Å². The zero-order valence-corrected chi connectivity index (χ0v) is 17.4. The summed E-state index contributed by atoms with van der Waals surface area (Å²) in [6, 6.07) is 14.6. The Morgan fingerprint density at radius 2 is 1.97 bits per heavy atom. The van der Waals surface area contributed by atoms with Crippen molar-refractivity contribution in [3.8, 4) is 0 Å². The number of anilines is 2. The van der Waals surface area contributed by atoms with Crippen molar-refractivity contribution in [3.63, 3.8) is 0 Å². The molecule has 1 amide bonds. The van der Waals surface area contributed by atoms with E-state index in [0.717, 1.165) is 68.0 Å². The summed E-state index contributed by atoms with van der Waals surface area (Å²) in [5, 5.41) is 8.39. The standard InChI is InChI=1S/C24H28N4O2/c1-17-15-23(29)25-21-9-8-18(16-20(17)21)5-4-10-27-11-13-28(14-12-27)24-19-6-2-3-7-22(19)30-26-24/h2-3,6-9,16-17H,4-5,10-15H2,1H3,(H,25,29)/t17-/m0/s1. The third-order valence-corrected chi connectivity index (χ3v) is 6.38. The predicted molar refractivity (Wildman–Crippen MR) is 119 cm³/mol. The van der Waals surface area contributed by atoms with E-state index in [-0.39, 0.29) is 5.91 Å². The number of amides is 1. The zero-order valence-electron chi connectivity index (χ0n) is 17.4. The Labute approximate surface area is 176 Å². The van der Waals surface area contributed by atoms with Crippen molar-refractivity contribution >= 4 is 28.4 Å². The lowest BCUT2D eigenvalue weighted by Gasteiger charge is -2.34. The van der Waals surface area contributed by atoms with Crippen molar-refractivity contribution in [2.24, 2.45) is 0 Å². The quantitative estimate of drug-likeness (QED) is 0.696. The number of carbonyl (C=O) groups excluding carboxylic acids is 1. The van der Waals surface area contributed by atoms with Gasteiger partial charge in [0.05, 0.1) is 5.39 Å². The SMILES string of the molecule is C[C@H]1CC(=O)Nc2ccc(CCCN3CCN(c4noc5ccccc45)CC3)cc21. The summed E-state index contributed by atoms with van der Waals surface area (Å²) in [7, 11) is 0. The molecule has 1 aromatic heterocycles. The highest BCUT2D eigenvalue weighted by molar-refractivity contribution is 5.94. The van der Waals surface area contributed by atoms with Crippen molar-refractivity contribution < 1.29 is 9.32 Å². The van der Waals surface area contributed by atoms with Gasteiger partial charge in [0.2, 0.25) is 5.91 Å². The number of rotatable bonds is 5. The van der Waals surface area contributed by atoms with Gasteiger partial charge in [0, 0.05) is 38.3 Å². The molecule has 1 atom stereocenters. The van der Waals surface area contributed by atoms with Gasteiger partial charge >= 0.3 is 0 Å². The first-order chi connectivity index (χ1) is 14.7. The van der Waals surface area contributed by atoms with Crippen LogP contribution in [0.3, 0.4) is 0 Å². The second kappa shape index (κ2) is 8.11. The summed E-state index contributed by atoms with van der Waals surface area (Å²) in [5.41, 5.74) is 4.48.